The Balaban J connectivity index is 1.84. The minimum atomic E-state index is -0.563. The predicted molar refractivity (Wildman–Crippen MR) is 108 cm³/mol. The van der Waals surface area contributed by atoms with Crippen LogP contribution in [0.2, 0.25) is 0 Å². The monoisotopic (exact) mass is 380 g/mol. The van der Waals surface area contributed by atoms with Crippen LogP contribution in [0.4, 0.5) is 0 Å². The molecule has 0 N–H and O–H groups in total. The molecule has 3 rings (SSSR count). The number of rotatable bonds is 7. The van der Waals surface area contributed by atoms with Gasteiger partial charge in [-0.15, -0.1) is 0 Å². The molecule has 0 atom stereocenters. The van der Waals surface area contributed by atoms with Gasteiger partial charge in [-0.2, -0.15) is 0 Å². The fraction of sp³-hybridized carbons (Fsp3) is 0.304. The van der Waals surface area contributed by atoms with E-state index in [1.54, 1.807) is 18.2 Å². The minimum absolute atomic E-state index is 0.246. The molecule has 0 spiro atoms. The zero-order valence-electron chi connectivity index (χ0n) is 16.4. The summed E-state index contributed by atoms with van der Waals surface area (Å²) in [6.45, 7) is 5.78. The lowest BCUT2D eigenvalue weighted by Crippen LogP contribution is -2.20. The Hall–Kier alpha value is -3.08. The summed E-state index contributed by atoms with van der Waals surface area (Å²) in [5, 5.41) is 0.604. The fourth-order valence-corrected chi connectivity index (χ4v) is 2.93. The highest BCUT2D eigenvalue weighted by molar-refractivity contribution is 5.87. The summed E-state index contributed by atoms with van der Waals surface area (Å²) >= 11 is 0. The highest BCUT2D eigenvalue weighted by Crippen LogP contribution is 2.29. The van der Waals surface area contributed by atoms with Crippen molar-refractivity contribution in [1.29, 1.82) is 0 Å². The van der Waals surface area contributed by atoms with Gasteiger partial charge < -0.3 is 13.9 Å². The van der Waals surface area contributed by atoms with Gasteiger partial charge in [-0.25, -0.2) is 9.59 Å². The van der Waals surface area contributed by atoms with Crippen LogP contribution in [0.5, 0.6) is 11.5 Å². The molecule has 3 aromatic rings. The number of benzene rings is 2. The molecule has 0 fully saturated rings. The number of unbranched alkanes of at least 4 members (excludes halogenated alkanes) is 1. The molecule has 146 valence electrons. The second kappa shape index (κ2) is 8.74. The smallest absolute Gasteiger partial charge is 0.349 e. The summed E-state index contributed by atoms with van der Waals surface area (Å²) in [5.41, 5.74) is 2.55. The highest BCUT2D eigenvalue weighted by Gasteiger charge is 2.19. The van der Waals surface area contributed by atoms with E-state index in [1.807, 2.05) is 45.0 Å². The zero-order chi connectivity index (χ0) is 20.1. The molecule has 0 radical (unpaired) electrons. The van der Waals surface area contributed by atoms with E-state index in [4.69, 9.17) is 13.9 Å². The molecule has 1 heterocycles. The highest BCUT2D eigenvalue weighted by atomic mass is 16.6. The first-order chi connectivity index (χ1) is 13.5. The Morgan fingerprint density at radius 1 is 1.07 bits per heavy atom. The van der Waals surface area contributed by atoms with E-state index in [0.29, 0.717) is 28.7 Å². The van der Waals surface area contributed by atoms with Gasteiger partial charge in [-0.05, 0) is 62.1 Å². The zero-order valence-corrected chi connectivity index (χ0v) is 16.4. The molecule has 0 amide bonds. The quantitative estimate of drug-likeness (QED) is 0.438. The summed E-state index contributed by atoms with van der Waals surface area (Å²) < 4.78 is 16.5. The van der Waals surface area contributed by atoms with Gasteiger partial charge in [-0.1, -0.05) is 31.5 Å². The Kier molecular flexibility index (Phi) is 6.14. The number of hydrogen-bond acceptors (Lipinski definition) is 5. The lowest BCUT2D eigenvalue weighted by Gasteiger charge is -2.12. The van der Waals surface area contributed by atoms with Crippen molar-refractivity contribution < 1.29 is 18.7 Å². The van der Waals surface area contributed by atoms with Gasteiger partial charge in [0.05, 0.1) is 10.9 Å². The summed E-state index contributed by atoms with van der Waals surface area (Å²) in [4.78, 5) is 24.8. The molecule has 0 saturated heterocycles. The largest absolute Gasteiger partial charge is 0.482 e. The van der Waals surface area contributed by atoms with Crippen LogP contribution in [0.3, 0.4) is 0 Å². The molecule has 0 saturated carbocycles. The van der Waals surface area contributed by atoms with Gasteiger partial charge in [-0.3, -0.25) is 0 Å². The second-order valence-electron chi connectivity index (χ2n) is 6.81. The lowest BCUT2D eigenvalue weighted by molar-refractivity contribution is -0.136. The normalized spacial score (nSPS) is 10.8. The molecule has 0 aliphatic carbocycles. The third kappa shape index (κ3) is 4.42. The topological polar surface area (TPSA) is 65.7 Å². The average Bonchev–Trinajstić information content (AvgIpc) is 2.68. The second-order valence-corrected chi connectivity index (χ2v) is 6.81. The summed E-state index contributed by atoms with van der Waals surface area (Å²) in [6.07, 6.45) is 2.20. The van der Waals surface area contributed by atoms with E-state index < -0.39 is 11.6 Å². The van der Waals surface area contributed by atoms with Gasteiger partial charge in [0, 0.05) is 0 Å². The van der Waals surface area contributed by atoms with Crippen molar-refractivity contribution in [2.75, 3.05) is 6.61 Å². The molecule has 0 unspecified atom stereocenters. The lowest BCUT2D eigenvalue weighted by atomic mass is 10.1. The van der Waals surface area contributed by atoms with E-state index in [-0.39, 0.29) is 12.4 Å². The third-order valence-electron chi connectivity index (χ3n) is 4.69. The molecular weight excluding hydrogens is 356 g/mol. The Labute approximate surface area is 163 Å². The number of ether oxygens (including phenoxy) is 2. The van der Waals surface area contributed by atoms with Gasteiger partial charge in [0.25, 0.3) is 0 Å². The van der Waals surface area contributed by atoms with Crippen LogP contribution in [0.15, 0.2) is 51.7 Å². The number of esters is 1. The average molecular weight is 380 g/mol. The Morgan fingerprint density at radius 3 is 2.61 bits per heavy atom. The number of hydrogen-bond donors (Lipinski definition) is 0. The summed E-state index contributed by atoms with van der Waals surface area (Å²) in [6, 6.07) is 12.7. The predicted octanol–water partition coefficient (Wildman–Crippen LogP) is 4.74. The Bertz CT molecular complexity index is 1050. The van der Waals surface area contributed by atoms with Crippen molar-refractivity contribution >= 4 is 16.9 Å². The van der Waals surface area contributed by atoms with Crippen LogP contribution < -0.4 is 15.1 Å². The number of fused-ring (bicyclic) bond motifs is 1. The first-order valence-electron chi connectivity index (χ1n) is 9.45. The van der Waals surface area contributed by atoms with Crippen molar-refractivity contribution in [1.82, 2.24) is 0 Å². The van der Waals surface area contributed by atoms with Crippen LogP contribution in [-0.4, -0.2) is 12.6 Å². The number of carbonyl (C=O) groups is 1. The van der Waals surface area contributed by atoms with Crippen LogP contribution in [-0.2, 0) is 11.2 Å². The molecule has 28 heavy (non-hydrogen) atoms. The molecule has 2 aromatic carbocycles. The SMILES string of the molecule is CCCCc1c(OC(=O)COc2ccc(C)c(C)c2)c2ccccc2oc1=O. The van der Waals surface area contributed by atoms with Gasteiger partial charge in [0.15, 0.2) is 12.4 Å². The summed E-state index contributed by atoms with van der Waals surface area (Å²) in [5.74, 6) is 0.310. The van der Waals surface area contributed by atoms with Crippen molar-refractivity contribution in [3.8, 4) is 11.5 Å². The number of carbonyl (C=O) groups excluding carboxylic acids is 1. The van der Waals surface area contributed by atoms with Crippen LogP contribution in [0, 0.1) is 13.8 Å². The molecule has 5 nitrogen and oxygen atoms in total. The van der Waals surface area contributed by atoms with Crippen molar-refractivity contribution in [3.05, 3.63) is 69.6 Å². The van der Waals surface area contributed by atoms with Crippen molar-refractivity contribution in [2.45, 2.75) is 40.0 Å². The maximum absolute atomic E-state index is 12.4. The minimum Gasteiger partial charge on any atom is -0.482 e. The fourth-order valence-electron chi connectivity index (χ4n) is 2.93. The van der Waals surface area contributed by atoms with E-state index in [2.05, 4.69) is 0 Å². The van der Waals surface area contributed by atoms with Crippen LogP contribution in [0.25, 0.3) is 11.0 Å². The number of para-hydroxylation sites is 1. The Morgan fingerprint density at radius 2 is 1.86 bits per heavy atom. The third-order valence-corrected chi connectivity index (χ3v) is 4.69. The molecule has 5 heteroatoms. The van der Waals surface area contributed by atoms with Gasteiger partial charge >= 0.3 is 11.6 Å². The molecular formula is C23H24O5. The van der Waals surface area contributed by atoms with E-state index >= 15 is 0 Å². The van der Waals surface area contributed by atoms with E-state index in [9.17, 15) is 9.59 Å². The standard InChI is InChI=1S/C23H24O5/c1-4-5-8-19-22(18-9-6-7-10-20(18)27-23(19)25)28-21(24)14-26-17-12-11-15(2)16(3)13-17/h6-7,9-13H,4-5,8,14H2,1-3H3. The summed E-state index contributed by atoms with van der Waals surface area (Å²) in [7, 11) is 0. The first-order valence-corrected chi connectivity index (χ1v) is 9.45. The van der Waals surface area contributed by atoms with Crippen molar-refractivity contribution in [2.24, 2.45) is 0 Å². The molecule has 0 aliphatic rings. The van der Waals surface area contributed by atoms with Crippen LogP contribution >= 0.6 is 0 Å². The van der Waals surface area contributed by atoms with Crippen LogP contribution in [0.1, 0.15) is 36.5 Å². The molecule has 1 aromatic heterocycles. The van der Waals surface area contributed by atoms with Gasteiger partial charge in [0.2, 0.25) is 0 Å². The number of aryl methyl sites for hydroxylation is 2. The maximum Gasteiger partial charge on any atom is 0.349 e. The van der Waals surface area contributed by atoms with Gasteiger partial charge in [0.1, 0.15) is 11.3 Å². The van der Waals surface area contributed by atoms with E-state index in [0.717, 1.165) is 24.0 Å². The molecule has 0 bridgehead atoms. The van der Waals surface area contributed by atoms with Crippen molar-refractivity contribution in [3.63, 3.8) is 0 Å². The maximum atomic E-state index is 12.4. The first kappa shape index (κ1) is 19.7. The van der Waals surface area contributed by atoms with E-state index in [1.165, 1.54) is 0 Å². The molecule has 0 aliphatic heterocycles.